The van der Waals surface area contributed by atoms with Gasteiger partial charge in [-0.15, -0.1) is 0 Å². The van der Waals surface area contributed by atoms with E-state index in [1.807, 2.05) is 20.8 Å². The first-order valence-corrected chi connectivity index (χ1v) is 7.02. The van der Waals surface area contributed by atoms with Crippen LogP contribution in [-0.4, -0.2) is 17.0 Å². The number of hydrogen-bond donors (Lipinski definition) is 2. The third-order valence-corrected chi connectivity index (χ3v) is 3.51. The number of aromatic carboxylic acids is 1. The van der Waals surface area contributed by atoms with Gasteiger partial charge >= 0.3 is 5.97 Å². The standard InChI is InChI=1S/C17H19NO4/c1-10-6-11(2)14(12(3)7-10)8-16(19)18-9-13-4-5-15(22-13)17(20)21/h4-7H,8-9H2,1-3H3,(H,18,19)(H,20,21). The zero-order valence-corrected chi connectivity index (χ0v) is 12.9. The average Bonchev–Trinajstić information content (AvgIpc) is 2.89. The second-order valence-electron chi connectivity index (χ2n) is 5.40. The molecule has 1 aromatic carbocycles. The Kier molecular flexibility index (Phi) is 4.65. The molecule has 2 aromatic rings. The fourth-order valence-corrected chi connectivity index (χ4v) is 2.49. The van der Waals surface area contributed by atoms with E-state index >= 15 is 0 Å². The normalized spacial score (nSPS) is 10.5. The third-order valence-electron chi connectivity index (χ3n) is 3.51. The van der Waals surface area contributed by atoms with Gasteiger partial charge in [0.05, 0.1) is 13.0 Å². The predicted molar refractivity (Wildman–Crippen MR) is 81.9 cm³/mol. The molecule has 0 aliphatic heterocycles. The molecule has 2 rings (SSSR count). The summed E-state index contributed by atoms with van der Waals surface area (Å²) in [5.74, 6) is -0.954. The summed E-state index contributed by atoms with van der Waals surface area (Å²) in [6.45, 7) is 6.19. The van der Waals surface area contributed by atoms with E-state index in [1.54, 1.807) is 6.07 Å². The number of amides is 1. The highest BCUT2D eigenvalue weighted by molar-refractivity contribution is 5.84. The minimum Gasteiger partial charge on any atom is -0.475 e. The monoisotopic (exact) mass is 301 g/mol. The fourth-order valence-electron chi connectivity index (χ4n) is 2.49. The molecule has 116 valence electrons. The van der Waals surface area contributed by atoms with Crippen molar-refractivity contribution < 1.29 is 19.1 Å². The Balaban J connectivity index is 1.97. The Labute approximate surface area is 129 Å². The van der Waals surface area contributed by atoms with Crippen molar-refractivity contribution >= 4 is 11.9 Å². The maximum Gasteiger partial charge on any atom is 0.371 e. The molecule has 0 saturated heterocycles. The zero-order chi connectivity index (χ0) is 16.3. The van der Waals surface area contributed by atoms with Gasteiger partial charge in [-0.05, 0) is 49.6 Å². The van der Waals surface area contributed by atoms with Crippen LogP contribution in [0.15, 0.2) is 28.7 Å². The summed E-state index contributed by atoms with van der Waals surface area (Å²) in [7, 11) is 0. The highest BCUT2D eigenvalue weighted by atomic mass is 16.4. The summed E-state index contributed by atoms with van der Waals surface area (Å²) in [6.07, 6.45) is 0.296. The van der Waals surface area contributed by atoms with Crippen LogP contribution in [0.3, 0.4) is 0 Å². The number of hydrogen-bond acceptors (Lipinski definition) is 3. The number of carbonyl (C=O) groups excluding carboxylic acids is 1. The van der Waals surface area contributed by atoms with Gasteiger partial charge in [0.1, 0.15) is 5.76 Å². The first-order valence-electron chi connectivity index (χ1n) is 7.02. The van der Waals surface area contributed by atoms with E-state index in [9.17, 15) is 9.59 Å². The average molecular weight is 301 g/mol. The number of benzene rings is 1. The Bertz CT molecular complexity index is 692. The summed E-state index contributed by atoms with van der Waals surface area (Å²) in [4.78, 5) is 22.8. The van der Waals surface area contributed by atoms with Crippen molar-refractivity contribution in [1.29, 1.82) is 0 Å². The van der Waals surface area contributed by atoms with Crippen molar-refractivity contribution in [3.8, 4) is 0 Å². The van der Waals surface area contributed by atoms with E-state index in [0.29, 0.717) is 12.2 Å². The Hall–Kier alpha value is -2.56. The van der Waals surface area contributed by atoms with E-state index < -0.39 is 5.97 Å². The van der Waals surface area contributed by atoms with Crippen LogP contribution in [0.5, 0.6) is 0 Å². The summed E-state index contributed by atoms with van der Waals surface area (Å²) in [6, 6.07) is 7.03. The Morgan fingerprint density at radius 2 is 1.77 bits per heavy atom. The van der Waals surface area contributed by atoms with Gasteiger partial charge < -0.3 is 14.8 Å². The van der Waals surface area contributed by atoms with Crippen molar-refractivity contribution in [2.45, 2.75) is 33.7 Å². The van der Waals surface area contributed by atoms with Crippen LogP contribution in [0.4, 0.5) is 0 Å². The second kappa shape index (κ2) is 6.47. The molecular formula is C17H19NO4. The SMILES string of the molecule is Cc1cc(C)c(CC(=O)NCc2ccc(C(=O)O)o2)c(C)c1. The molecule has 0 atom stereocenters. The van der Waals surface area contributed by atoms with Crippen molar-refractivity contribution in [1.82, 2.24) is 5.32 Å². The van der Waals surface area contributed by atoms with Crippen molar-refractivity contribution in [2.24, 2.45) is 0 Å². The molecule has 1 heterocycles. The predicted octanol–water partition coefficient (Wildman–Crippen LogP) is 2.76. The molecule has 0 saturated carbocycles. The molecule has 1 aromatic heterocycles. The summed E-state index contributed by atoms with van der Waals surface area (Å²) in [5.41, 5.74) is 4.39. The van der Waals surface area contributed by atoms with Crippen LogP contribution < -0.4 is 5.32 Å². The van der Waals surface area contributed by atoms with E-state index in [1.165, 1.54) is 11.6 Å². The van der Waals surface area contributed by atoms with Crippen LogP contribution in [0.2, 0.25) is 0 Å². The summed E-state index contributed by atoms with van der Waals surface area (Å²) in [5, 5.41) is 11.5. The van der Waals surface area contributed by atoms with Crippen LogP contribution in [0, 0.1) is 20.8 Å². The van der Waals surface area contributed by atoms with E-state index in [0.717, 1.165) is 16.7 Å². The molecule has 22 heavy (non-hydrogen) atoms. The first kappa shape index (κ1) is 15.8. The van der Waals surface area contributed by atoms with Crippen molar-refractivity contribution in [2.75, 3.05) is 0 Å². The van der Waals surface area contributed by atoms with Gasteiger partial charge in [-0.3, -0.25) is 4.79 Å². The van der Waals surface area contributed by atoms with Crippen molar-refractivity contribution in [3.05, 3.63) is 58.0 Å². The number of nitrogens with one attached hydrogen (secondary N) is 1. The molecule has 0 fully saturated rings. The minimum atomic E-state index is -1.12. The van der Waals surface area contributed by atoms with Gasteiger partial charge in [-0.2, -0.15) is 0 Å². The first-order chi connectivity index (χ1) is 10.4. The second-order valence-corrected chi connectivity index (χ2v) is 5.40. The lowest BCUT2D eigenvalue weighted by Gasteiger charge is -2.11. The quantitative estimate of drug-likeness (QED) is 0.890. The minimum absolute atomic E-state index is 0.122. The molecule has 0 radical (unpaired) electrons. The highest BCUT2D eigenvalue weighted by Crippen LogP contribution is 2.17. The Morgan fingerprint density at radius 3 is 2.32 bits per heavy atom. The number of aryl methyl sites for hydroxylation is 3. The lowest BCUT2D eigenvalue weighted by Crippen LogP contribution is -2.25. The largest absolute Gasteiger partial charge is 0.475 e. The number of carboxylic acids is 1. The van der Waals surface area contributed by atoms with Gasteiger partial charge in [0, 0.05) is 0 Å². The maximum atomic E-state index is 12.0. The summed E-state index contributed by atoms with van der Waals surface area (Å²) >= 11 is 0. The molecule has 5 heteroatoms. The topological polar surface area (TPSA) is 79.5 Å². The Morgan fingerprint density at radius 1 is 1.14 bits per heavy atom. The van der Waals surface area contributed by atoms with E-state index in [-0.39, 0.29) is 18.2 Å². The van der Waals surface area contributed by atoms with Crippen LogP contribution in [0.25, 0.3) is 0 Å². The number of rotatable bonds is 5. The van der Waals surface area contributed by atoms with Crippen LogP contribution >= 0.6 is 0 Å². The van der Waals surface area contributed by atoms with Crippen LogP contribution in [0.1, 0.15) is 38.6 Å². The van der Waals surface area contributed by atoms with Gasteiger partial charge in [0.2, 0.25) is 11.7 Å². The van der Waals surface area contributed by atoms with Gasteiger partial charge in [-0.1, -0.05) is 17.7 Å². The van der Waals surface area contributed by atoms with Crippen LogP contribution in [-0.2, 0) is 17.8 Å². The van der Waals surface area contributed by atoms with E-state index in [2.05, 4.69) is 17.4 Å². The maximum absolute atomic E-state index is 12.0. The number of carbonyl (C=O) groups is 2. The number of carboxylic acid groups (broad SMARTS) is 1. The van der Waals surface area contributed by atoms with E-state index in [4.69, 9.17) is 9.52 Å². The van der Waals surface area contributed by atoms with Crippen molar-refractivity contribution in [3.63, 3.8) is 0 Å². The molecule has 0 spiro atoms. The summed E-state index contributed by atoms with van der Waals surface area (Å²) < 4.78 is 5.09. The van der Waals surface area contributed by atoms with Gasteiger partial charge in [0.25, 0.3) is 0 Å². The number of furan rings is 1. The molecular weight excluding hydrogens is 282 g/mol. The molecule has 0 unspecified atom stereocenters. The molecule has 0 bridgehead atoms. The fraction of sp³-hybridized carbons (Fsp3) is 0.294. The third kappa shape index (κ3) is 3.75. The molecule has 0 aliphatic carbocycles. The molecule has 5 nitrogen and oxygen atoms in total. The zero-order valence-electron chi connectivity index (χ0n) is 12.9. The molecule has 0 aliphatic rings. The van der Waals surface area contributed by atoms with Gasteiger partial charge in [-0.25, -0.2) is 4.79 Å². The highest BCUT2D eigenvalue weighted by Gasteiger charge is 2.12. The molecule has 1 amide bonds. The lowest BCUT2D eigenvalue weighted by atomic mass is 9.97. The van der Waals surface area contributed by atoms with Gasteiger partial charge in [0.15, 0.2) is 0 Å². The molecule has 2 N–H and O–H groups in total. The smallest absolute Gasteiger partial charge is 0.371 e. The lowest BCUT2D eigenvalue weighted by molar-refractivity contribution is -0.120.